The van der Waals surface area contributed by atoms with Crippen LogP contribution in [-0.2, 0) is 15.9 Å². The number of nitrogens with one attached hydrogen (secondary N) is 1. The topological polar surface area (TPSA) is 56.3 Å². The van der Waals surface area contributed by atoms with Crippen LogP contribution >= 0.6 is 11.6 Å². The van der Waals surface area contributed by atoms with Crippen molar-refractivity contribution in [2.24, 2.45) is 0 Å². The molecule has 0 aliphatic carbocycles. The van der Waals surface area contributed by atoms with E-state index in [1.165, 1.54) is 0 Å². The standard InChI is InChI=1S/C12H18ClN3O2/c1-2-3-11-15-10(13)6-12(16-11)14-7-9-8-17-4-5-18-9/h6,9H,2-5,7-8H2,1H3,(H,14,15,16). The molecule has 1 atom stereocenters. The van der Waals surface area contributed by atoms with Gasteiger partial charge < -0.3 is 14.8 Å². The molecule has 5 nitrogen and oxygen atoms in total. The van der Waals surface area contributed by atoms with Crippen LogP contribution in [0.15, 0.2) is 6.07 Å². The lowest BCUT2D eigenvalue weighted by atomic mass is 10.3. The molecule has 1 aromatic heterocycles. The Bertz CT molecular complexity index is 384. The molecule has 1 fully saturated rings. The molecule has 0 saturated carbocycles. The Hall–Kier alpha value is -0.910. The molecule has 2 rings (SSSR count). The van der Waals surface area contributed by atoms with Gasteiger partial charge in [-0.15, -0.1) is 0 Å². The second-order valence-electron chi connectivity index (χ2n) is 4.19. The Morgan fingerprint density at radius 3 is 3.06 bits per heavy atom. The molecule has 100 valence electrons. The van der Waals surface area contributed by atoms with E-state index in [0.29, 0.717) is 31.5 Å². The maximum atomic E-state index is 5.96. The third kappa shape index (κ3) is 4.08. The summed E-state index contributed by atoms with van der Waals surface area (Å²) in [5, 5.41) is 3.68. The fourth-order valence-electron chi connectivity index (χ4n) is 1.76. The van der Waals surface area contributed by atoms with Crippen LogP contribution in [0.3, 0.4) is 0 Å². The molecule has 6 heteroatoms. The highest BCUT2D eigenvalue weighted by Crippen LogP contribution is 2.13. The molecular formula is C12H18ClN3O2. The van der Waals surface area contributed by atoms with Crippen molar-refractivity contribution in [3.05, 3.63) is 17.0 Å². The van der Waals surface area contributed by atoms with Gasteiger partial charge in [0.2, 0.25) is 0 Å². The van der Waals surface area contributed by atoms with E-state index in [9.17, 15) is 0 Å². The molecule has 1 unspecified atom stereocenters. The minimum atomic E-state index is 0.0714. The van der Waals surface area contributed by atoms with Crippen LogP contribution in [0.5, 0.6) is 0 Å². The Morgan fingerprint density at radius 2 is 2.33 bits per heavy atom. The first-order valence-corrected chi connectivity index (χ1v) is 6.62. The number of ether oxygens (including phenoxy) is 2. The van der Waals surface area contributed by atoms with Crippen LogP contribution in [-0.4, -0.2) is 42.4 Å². The van der Waals surface area contributed by atoms with E-state index < -0.39 is 0 Å². The van der Waals surface area contributed by atoms with Crippen LogP contribution in [0.1, 0.15) is 19.2 Å². The van der Waals surface area contributed by atoms with Crippen LogP contribution < -0.4 is 5.32 Å². The molecular weight excluding hydrogens is 254 g/mol. The fraction of sp³-hybridized carbons (Fsp3) is 0.667. The van der Waals surface area contributed by atoms with Crippen molar-refractivity contribution in [3.8, 4) is 0 Å². The van der Waals surface area contributed by atoms with Gasteiger partial charge in [-0.1, -0.05) is 18.5 Å². The normalized spacial score (nSPS) is 19.8. The van der Waals surface area contributed by atoms with Gasteiger partial charge in [0.15, 0.2) is 0 Å². The van der Waals surface area contributed by atoms with Gasteiger partial charge in [-0.2, -0.15) is 0 Å². The molecule has 1 aliphatic heterocycles. The van der Waals surface area contributed by atoms with Crippen molar-refractivity contribution in [2.45, 2.75) is 25.9 Å². The number of aryl methyl sites for hydroxylation is 1. The Morgan fingerprint density at radius 1 is 1.44 bits per heavy atom. The third-order valence-corrected chi connectivity index (χ3v) is 2.80. The Kier molecular flexibility index (Phi) is 5.16. The molecule has 1 saturated heterocycles. The molecule has 0 bridgehead atoms. The number of aromatic nitrogens is 2. The smallest absolute Gasteiger partial charge is 0.134 e. The number of hydrogen-bond acceptors (Lipinski definition) is 5. The fourth-order valence-corrected chi connectivity index (χ4v) is 1.96. The molecule has 0 radical (unpaired) electrons. The summed E-state index contributed by atoms with van der Waals surface area (Å²) in [5.41, 5.74) is 0. The SMILES string of the molecule is CCCc1nc(Cl)cc(NCC2COCCO2)n1. The second-order valence-corrected chi connectivity index (χ2v) is 4.58. The predicted molar refractivity (Wildman–Crippen MR) is 70.1 cm³/mol. The summed E-state index contributed by atoms with van der Waals surface area (Å²) in [6.07, 6.45) is 1.90. The predicted octanol–water partition coefficient (Wildman–Crippen LogP) is 1.91. The average Bonchev–Trinajstić information content (AvgIpc) is 2.37. The van der Waals surface area contributed by atoms with Crippen molar-refractivity contribution >= 4 is 17.4 Å². The monoisotopic (exact) mass is 271 g/mol. The Labute approximate surface area is 112 Å². The maximum Gasteiger partial charge on any atom is 0.134 e. The van der Waals surface area contributed by atoms with Crippen molar-refractivity contribution in [1.29, 1.82) is 0 Å². The maximum absolute atomic E-state index is 5.96. The van der Waals surface area contributed by atoms with Gasteiger partial charge in [0.25, 0.3) is 0 Å². The quantitative estimate of drug-likeness (QED) is 0.829. The largest absolute Gasteiger partial charge is 0.376 e. The van der Waals surface area contributed by atoms with Crippen LogP contribution in [0.2, 0.25) is 5.15 Å². The van der Waals surface area contributed by atoms with E-state index >= 15 is 0 Å². The first-order chi connectivity index (χ1) is 8.78. The summed E-state index contributed by atoms with van der Waals surface area (Å²) in [6, 6.07) is 1.73. The molecule has 2 heterocycles. The summed E-state index contributed by atoms with van der Waals surface area (Å²) < 4.78 is 10.9. The number of rotatable bonds is 5. The van der Waals surface area contributed by atoms with E-state index in [4.69, 9.17) is 21.1 Å². The van der Waals surface area contributed by atoms with E-state index in [-0.39, 0.29) is 6.10 Å². The Balaban J connectivity index is 1.91. The molecule has 1 N–H and O–H groups in total. The lowest BCUT2D eigenvalue weighted by Gasteiger charge is -2.23. The zero-order valence-electron chi connectivity index (χ0n) is 10.5. The van der Waals surface area contributed by atoms with Crippen molar-refractivity contribution in [2.75, 3.05) is 31.7 Å². The molecule has 0 spiro atoms. The highest BCUT2D eigenvalue weighted by molar-refractivity contribution is 6.29. The van der Waals surface area contributed by atoms with E-state index in [2.05, 4.69) is 22.2 Å². The van der Waals surface area contributed by atoms with E-state index in [0.717, 1.165) is 24.5 Å². The second kappa shape index (κ2) is 6.87. The van der Waals surface area contributed by atoms with E-state index in [1.807, 2.05) is 0 Å². The number of halogens is 1. The van der Waals surface area contributed by atoms with Gasteiger partial charge in [-0.05, 0) is 6.42 Å². The number of anilines is 1. The third-order valence-electron chi connectivity index (χ3n) is 2.61. The molecule has 0 amide bonds. The van der Waals surface area contributed by atoms with Crippen molar-refractivity contribution in [3.63, 3.8) is 0 Å². The number of nitrogens with zero attached hydrogens (tertiary/aromatic N) is 2. The van der Waals surface area contributed by atoms with E-state index in [1.54, 1.807) is 6.07 Å². The highest BCUT2D eigenvalue weighted by Gasteiger charge is 2.14. The summed E-state index contributed by atoms with van der Waals surface area (Å²) in [7, 11) is 0. The molecule has 0 aromatic carbocycles. The van der Waals surface area contributed by atoms with Crippen LogP contribution in [0, 0.1) is 0 Å². The van der Waals surface area contributed by atoms with Crippen molar-refractivity contribution < 1.29 is 9.47 Å². The molecule has 1 aromatic rings. The van der Waals surface area contributed by atoms with Gasteiger partial charge in [-0.25, -0.2) is 9.97 Å². The number of hydrogen-bond donors (Lipinski definition) is 1. The van der Waals surface area contributed by atoms with Crippen LogP contribution in [0.4, 0.5) is 5.82 Å². The minimum absolute atomic E-state index is 0.0714. The lowest BCUT2D eigenvalue weighted by Crippen LogP contribution is -2.34. The lowest BCUT2D eigenvalue weighted by molar-refractivity contribution is -0.0819. The van der Waals surface area contributed by atoms with Crippen LogP contribution in [0.25, 0.3) is 0 Å². The summed E-state index contributed by atoms with van der Waals surface area (Å²) in [5.74, 6) is 1.51. The van der Waals surface area contributed by atoms with Gasteiger partial charge in [0, 0.05) is 19.0 Å². The summed E-state index contributed by atoms with van der Waals surface area (Å²) in [6.45, 7) is 4.70. The first kappa shape index (κ1) is 13.5. The zero-order valence-corrected chi connectivity index (χ0v) is 11.2. The van der Waals surface area contributed by atoms with Gasteiger partial charge in [0.1, 0.15) is 16.8 Å². The average molecular weight is 272 g/mol. The molecule has 1 aliphatic rings. The summed E-state index contributed by atoms with van der Waals surface area (Å²) in [4.78, 5) is 8.58. The molecule has 18 heavy (non-hydrogen) atoms. The van der Waals surface area contributed by atoms with Gasteiger partial charge >= 0.3 is 0 Å². The first-order valence-electron chi connectivity index (χ1n) is 6.24. The highest BCUT2D eigenvalue weighted by atomic mass is 35.5. The van der Waals surface area contributed by atoms with Gasteiger partial charge in [-0.3, -0.25) is 0 Å². The minimum Gasteiger partial charge on any atom is -0.376 e. The van der Waals surface area contributed by atoms with Crippen molar-refractivity contribution in [1.82, 2.24) is 9.97 Å². The summed E-state index contributed by atoms with van der Waals surface area (Å²) >= 11 is 5.96. The van der Waals surface area contributed by atoms with Gasteiger partial charge in [0.05, 0.1) is 25.9 Å². The zero-order chi connectivity index (χ0) is 12.8.